The van der Waals surface area contributed by atoms with Crippen LogP contribution in [-0.4, -0.2) is 41.8 Å². The average Bonchev–Trinajstić information content (AvgIpc) is 2.49. The van der Waals surface area contributed by atoms with Gasteiger partial charge in [0.2, 0.25) is 0 Å². The number of nitrogens with zero attached hydrogens (tertiary/aromatic N) is 1. The topological polar surface area (TPSA) is 58.7 Å². The van der Waals surface area contributed by atoms with Crippen LogP contribution in [0.1, 0.15) is 32.3 Å². The van der Waals surface area contributed by atoms with Crippen LogP contribution in [0, 0.1) is 5.92 Å². The number of benzene rings is 1. The van der Waals surface area contributed by atoms with E-state index >= 15 is 0 Å². The van der Waals surface area contributed by atoms with Crippen LogP contribution in [0.5, 0.6) is 5.75 Å². The van der Waals surface area contributed by atoms with E-state index in [-0.39, 0.29) is 0 Å². The highest BCUT2D eigenvalue weighted by atomic mass is 16.5. The Labute approximate surface area is 127 Å². The highest BCUT2D eigenvalue weighted by Crippen LogP contribution is 2.22. The van der Waals surface area contributed by atoms with Gasteiger partial charge in [-0.3, -0.25) is 4.90 Å². The normalized spacial score (nSPS) is 24.8. The van der Waals surface area contributed by atoms with Gasteiger partial charge in [0.05, 0.1) is 0 Å². The summed E-state index contributed by atoms with van der Waals surface area (Å²) in [6.45, 7) is 7.03. The average molecular weight is 292 g/mol. The molecule has 1 aliphatic heterocycles. The van der Waals surface area contributed by atoms with Crippen molar-refractivity contribution in [2.24, 2.45) is 11.7 Å². The predicted molar refractivity (Wildman–Crippen MR) is 85.3 cm³/mol. The minimum absolute atomic E-state index is 0.314. The van der Waals surface area contributed by atoms with E-state index in [2.05, 4.69) is 18.7 Å². The largest absolute Gasteiger partial charge is 0.491 e. The van der Waals surface area contributed by atoms with Crippen LogP contribution in [-0.2, 0) is 6.54 Å². The molecule has 0 amide bonds. The van der Waals surface area contributed by atoms with Gasteiger partial charge in [0.15, 0.2) is 0 Å². The quantitative estimate of drug-likeness (QED) is 0.842. The Morgan fingerprint density at radius 3 is 2.86 bits per heavy atom. The Balaban J connectivity index is 1.83. The van der Waals surface area contributed by atoms with Gasteiger partial charge in [0.1, 0.15) is 18.5 Å². The maximum Gasteiger partial charge on any atom is 0.123 e. The molecule has 3 unspecified atom stereocenters. The van der Waals surface area contributed by atoms with E-state index in [0.717, 1.165) is 17.9 Å². The Kier molecular flexibility index (Phi) is 6.03. The maximum absolute atomic E-state index is 10.2. The molecular weight excluding hydrogens is 264 g/mol. The molecular formula is C17H28N2O2. The van der Waals surface area contributed by atoms with Gasteiger partial charge in [-0.2, -0.15) is 0 Å². The molecule has 3 atom stereocenters. The summed E-state index contributed by atoms with van der Waals surface area (Å²) >= 11 is 0. The van der Waals surface area contributed by atoms with Gasteiger partial charge in [-0.1, -0.05) is 25.1 Å². The number of β-amino-alcohol motifs (C(OH)–C–C–N with tert-alkyl or cyclic N) is 1. The first-order chi connectivity index (χ1) is 10.1. The zero-order valence-electron chi connectivity index (χ0n) is 13.2. The molecule has 0 radical (unpaired) electrons. The van der Waals surface area contributed by atoms with Crippen molar-refractivity contribution in [2.75, 3.05) is 19.7 Å². The maximum atomic E-state index is 10.2. The molecule has 0 aliphatic carbocycles. The van der Waals surface area contributed by atoms with Crippen molar-refractivity contribution in [3.05, 3.63) is 29.8 Å². The first-order valence-electron chi connectivity index (χ1n) is 7.93. The number of hydrogen-bond acceptors (Lipinski definition) is 4. The summed E-state index contributed by atoms with van der Waals surface area (Å²) in [5, 5.41) is 10.2. The lowest BCUT2D eigenvalue weighted by molar-refractivity contribution is 0.0328. The summed E-state index contributed by atoms with van der Waals surface area (Å²) < 4.78 is 5.74. The molecule has 1 saturated heterocycles. The molecule has 0 bridgehead atoms. The number of likely N-dealkylation sites (tertiary alicyclic amines) is 1. The molecule has 21 heavy (non-hydrogen) atoms. The number of hydrogen-bond donors (Lipinski definition) is 2. The zero-order valence-corrected chi connectivity index (χ0v) is 13.2. The molecule has 118 valence electrons. The van der Waals surface area contributed by atoms with Gasteiger partial charge in [-0.15, -0.1) is 0 Å². The van der Waals surface area contributed by atoms with Gasteiger partial charge in [0.25, 0.3) is 0 Å². The van der Waals surface area contributed by atoms with Crippen LogP contribution in [0.4, 0.5) is 0 Å². The monoisotopic (exact) mass is 292 g/mol. The third-order valence-corrected chi connectivity index (χ3v) is 4.32. The molecule has 1 aromatic carbocycles. The standard InChI is InChI=1S/C17H28N2O2/c1-13-7-8-14(2)19(10-13)11-16(20)12-21-17-6-4-3-5-15(17)9-18/h3-6,13-14,16,20H,7-12,18H2,1-2H3. The molecule has 0 spiro atoms. The van der Waals surface area contributed by atoms with Crippen molar-refractivity contribution in [1.29, 1.82) is 0 Å². The lowest BCUT2D eigenvalue weighted by Gasteiger charge is -2.37. The summed E-state index contributed by atoms with van der Waals surface area (Å²) in [5.41, 5.74) is 6.67. The van der Waals surface area contributed by atoms with Crippen LogP contribution in [0.25, 0.3) is 0 Å². The molecule has 0 aromatic heterocycles. The van der Waals surface area contributed by atoms with Crippen molar-refractivity contribution in [3.8, 4) is 5.75 Å². The van der Waals surface area contributed by atoms with E-state index in [1.54, 1.807) is 0 Å². The van der Waals surface area contributed by atoms with E-state index < -0.39 is 6.10 Å². The second kappa shape index (κ2) is 7.78. The highest BCUT2D eigenvalue weighted by molar-refractivity contribution is 5.32. The molecule has 3 N–H and O–H groups in total. The first kappa shape index (κ1) is 16.3. The predicted octanol–water partition coefficient (Wildman–Crippen LogP) is 2.01. The van der Waals surface area contributed by atoms with Crippen LogP contribution in [0.2, 0.25) is 0 Å². The Hall–Kier alpha value is -1.10. The van der Waals surface area contributed by atoms with E-state index in [0.29, 0.717) is 31.7 Å². The van der Waals surface area contributed by atoms with Gasteiger partial charge < -0.3 is 15.6 Å². The second-order valence-corrected chi connectivity index (χ2v) is 6.26. The number of ether oxygens (including phenoxy) is 1. The molecule has 1 fully saturated rings. The molecule has 4 heteroatoms. The summed E-state index contributed by atoms with van der Waals surface area (Å²) in [5.74, 6) is 1.49. The van der Waals surface area contributed by atoms with E-state index in [4.69, 9.17) is 10.5 Å². The van der Waals surface area contributed by atoms with Crippen molar-refractivity contribution < 1.29 is 9.84 Å². The minimum Gasteiger partial charge on any atom is -0.491 e. The zero-order chi connectivity index (χ0) is 15.2. The smallest absolute Gasteiger partial charge is 0.123 e. The van der Waals surface area contributed by atoms with Gasteiger partial charge in [0, 0.05) is 31.2 Å². The summed E-state index contributed by atoms with van der Waals surface area (Å²) in [4.78, 5) is 2.37. The van der Waals surface area contributed by atoms with Crippen molar-refractivity contribution >= 4 is 0 Å². The second-order valence-electron chi connectivity index (χ2n) is 6.26. The molecule has 1 aromatic rings. The number of aliphatic hydroxyl groups excluding tert-OH is 1. The summed E-state index contributed by atoms with van der Waals surface area (Å²) in [6, 6.07) is 8.28. The summed E-state index contributed by atoms with van der Waals surface area (Å²) in [7, 11) is 0. The third kappa shape index (κ3) is 4.70. The number of nitrogens with two attached hydrogens (primary N) is 1. The van der Waals surface area contributed by atoms with Crippen molar-refractivity contribution in [1.82, 2.24) is 4.90 Å². The fourth-order valence-electron chi connectivity index (χ4n) is 2.96. The molecule has 0 saturated carbocycles. The molecule has 1 heterocycles. The number of aliphatic hydroxyl groups is 1. The van der Waals surface area contributed by atoms with E-state index in [1.165, 1.54) is 12.8 Å². The van der Waals surface area contributed by atoms with Gasteiger partial charge >= 0.3 is 0 Å². The van der Waals surface area contributed by atoms with E-state index in [1.807, 2.05) is 24.3 Å². The van der Waals surface area contributed by atoms with Crippen LogP contribution >= 0.6 is 0 Å². The lowest BCUT2D eigenvalue weighted by Crippen LogP contribution is -2.46. The minimum atomic E-state index is -0.469. The lowest BCUT2D eigenvalue weighted by atomic mass is 9.95. The van der Waals surface area contributed by atoms with Gasteiger partial charge in [-0.05, 0) is 31.7 Å². The van der Waals surface area contributed by atoms with Crippen LogP contribution in [0.15, 0.2) is 24.3 Å². The molecule has 1 aliphatic rings. The molecule has 2 rings (SSSR count). The summed E-state index contributed by atoms with van der Waals surface area (Å²) in [6.07, 6.45) is 2.03. The highest BCUT2D eigenvalue weighted by Gasteiger charge is 2.24. The number of para-hydroxylation sites is 1. The number of rotatable bonds is 6. The number of piperidine rings is 1. The Morgan fingerprint density at radius 1 is 1.33 bits per heavy atom. The van der Waals surface area contributed by atoms with Crippen LogP contribution in [0.3, 0.4) is 0 Å². The Morgan fingerprint density at radius 2 is 2.10 bits per heavy atom. The molecule has 4 nitrogen and oxygen atoms in total. The van der Waals surface area contributed by atoms with Crippen LogP contribution < -0.4 is 10.5 Å². The van der Waals surface area contributed by atoms with Gasteiger partial charge in [-0.25, -0.2) is 0 Å². The van der Waals surface area contributed by atoms with Crippen molar-refractivity contribution in [2.45, 2.75) is 45.4 Å². The van der Waals surface area contributed by atoms with Crippen molar-refractivity contribution in [3.63, 3.8) is 0 Å². The Bertz CT molecular complexity index is 439. The third-order valence-electron chi connectivity index (χ3n) is 4.32. The fraction of sp³-hybridized carbons (Fsp3) is 0.647. The first-order valence-corrected chi connectivity index (χ1v) is 7.93. The SMILES string of the molecule is CC1CCC(C)N(CC(O)COc2ccccc2CN)C1. The van der Waals surface area contributed by atoms with E-state index in [9.17, 15) is 5.11 Å². The fourth-order valence-corrected chi connectivity index (χ4v) is 2.96.